The Bertz CT molecular complexity index is 743. The standard InChI is InChI=1S/C15H15BrN2O4S/c1-8(2)21-12-5-4-11(16)6-10(12)7-13(14(19)20)23-15-18-17-9(3)22-15/h4-8H,1-3H3,(H,19,20)/b13-7+. The lowest BCUT2D eigenvalue weighted by atomic mass is 10.2. The molecule has 2 rings (SSSR count). The largest absolute Gasteiger partial charge is 0.490 e. The first kappa shape index (κ1) is 17.6. The molecule has 6 nitrogen and oxygen atoms in total. The molecule has 0 amide bonds. The van der Waals surface area contributed by atoms with Crippen LogP contribution in [0.15, 0.2) is 37.2 Å². The molecule has 2 aromatic rings. The molecule has 1 aromatic carbocycles. The van der Waals surface area contributed by atoms with Gasteiger partial charge >= 0.3 is 5.97 Å². The first-order valence-corrected chi connectivity index (χ1v) is 8.35. The Balaban J connectivity index is 2.38. The van der Waals surface area contributed by atoms with E-state index in [1.165, 1.54) is 6.08 Å². The Kier molecular flexibility index (Phi) is 5.84. The minimum atomic E-state index is -1.08. The maximum atomic E-state index is 11.5. The van der Waals surface area contributed by atoms with Gasteiger partial charge in [-0.3, -0.25) is 0 Å². The second kappa shape index (κ2) is 7.65. The van der Waals surface area contributed by atoms with Gasteiger partial charge in [0.15, 0.2) is 0 Å². The summed E-state index contributed by atoms with van der Waals surface area (Å²) in [5.41, 5.74) is 0.647. The van der Waals surface area contributed by atoms with Crippen molar-refractivity contribution < 1.29 is 19.1 Å². The van der Waals surface area contributed by atoms with E-state index in [1.807, 2.05) is 19.9 Å². The van der Waals surface area contributed by atoms with Crippen LogP contribution in [0.1, 0.15) is 25.3 Å². The van der Waals surface area contributed by atoms with Gasteiger partial charge in [0.05, 0.1) is 6.10 Å². The Morgan fingerprint density at radius 1 is 1.43 bits per heavy atom. The van der Waals surface area contributed by atoms with Crippen LogP contribution in [0.3, 0.4) is 0 Å². The number of aromatic nitrogens is 2. The highest BCUT2D eigenvalue weighted by Crippen LogP contribution is 2.32. The minimum Gasteiger partial charge on any atom is -0.490 e. The SMILES string of the molecule is Cc1nnc(S/C(=C/c2cc(Br)ccc2OC(C)C)C(=O)O)o1. The van der Waals surface area contributed by atoms with E-state index in [-0.39, 0.29) is 16.2 Å². The zero-order valence-corrected chi connectivity index (χ0v) is 15.1. The average Bonchev–Trinajstić information content (AvgIpc) is 2.86. The molecule has 0 spiro atoms. The van der Waals surface area contributed by atoms with E-state index in [9.17, 15) is 9.90 Å². The summed E-state index contributed by atoms with van der Waals surface area (Å²) in [5, 5.41) is 17.1. The number of nitrogens with zero attached hydrogens (tertiary/aromatic N) is 2. The normalized spacial score (nSPS) is 11.8. The van der Waals surface area contributed by atoms with Crippen LogP contribution in [0.25, 0.3) is 6.08 Å². The van der Waals surface area contributed by atoms with Crippen LogP contribution in [0.4, 0.5) is 0 Å². The molecule has 0 saturated carbocycles. The van der Waals surface area contributed by atoms with Gasteiger partial charge < -0.3 is 14.3 Å². The number of thioether (sulfide) groups is 1. The lowest BCUT2D eigenvalue weighted by Gasteiger charge is -2.13. The fraction of sp³-hybridized carbons (Fsp3) is 0.267. The first-order valence-electron chi connectivity index (χ1n) is 6.74. The molecule has 0 unspecified atom stereocenters. The van der Waals surface area contributed by atoms with Gasteiger partial charge in [0.1, 0.15) is 10.7 Å². The molecule has 0 aliphatic carbocycles. The van der Waals surface area contributed by atoms with E-state index in [4.69, 9.17) is 9.15 Å². The topological polar surface area (TPSA) is 85.5 Å². The number of carboxylic acids is 1. The van der Waals surface area contributed by atoms with Crippen molar-refractivity contribution in [2.45, 2.75) is 32.1 Å². The highest BCUT2D eigenvalue weighted by molar-refractivity contribution is 9.10. The van der Waals surface area contributed by atoms with Gasteiger partial charge in [-0.15, -0.1) is 10.2 Å². The lowest BCUT2D eigenvalue weighted by molar-refractivity contribution is -0.131. The molecule has 122 valence electrons. The summed E-state index contributed by atoms with van der Waals surface area (Å²) in [4.78, 5) is 11.6. The molecule has 0 saturated heterocycles. The van der Waals surface area contributed by atoms with Gasteiger partial charge in [0.25, 0.3) is 5.22 Å². The van der Waals surface area contributed by atoms with Crippen molar-refractivity contribution in [3.8, 4) is 5.75 Å². The van der Waals surface area contributed by atoms with Crippen molar-refractivity contribution in [2.24, 2.45) is 0 Å². The van der Waals surface area contributed by atoms with Crippen LogP contribution in [0.5, 0.6) is 5.75 Å². The van der Waals surface area contributed by atoms with Crippen molar-refractivity contribution in [3.05, 3.63) is 39.0 Å². The maximum Gasteiger partial charge on any atom is 0.342 e. The number of aliphatic carboxylic acids is 1. The summed E-state index contributed by atoms with van der Waals surface area (Å²) < 4.78 is 11.8. The molecule has 1 N–H and O–H groups in total. The highest BCUT2D eigenvalue weighted by Gasteiger charge is 2.16. The van der Waals surface area contributed by atoms with Crippen molar-refractivity contribution in [1.82, 2.24) is 10.2 Å². The summed E-state index contributed by atoms with van der Waals surface area (Å²) >= 11 is 4.28. The second-order valence-electron chi connectivity index (χ2n) is 4.85. The Morgan fingerprint density at radius 3 is 2.74 bits per heavy atom. The van der Waals surface area contributed by atoms with E-state index in [2.05, 4.69) is 26.1 Å². The molecule has 0 aliphatic rings. The Labute approximate surface area is 146 Å². The molecule has 23 heavy (non-hydrogen) atoms. The first-order chi connectivity index (χ1) is 10.8. The van der Waals surface area contributed by atoms with Gasteiger partial charge in [0, 0.05) is 17.0 Å². The van der Waals surface area contributed by atoms with Crippen molar-refractivity contribution in [2.75, 3.05) is 0 Å². The number of rotatable bonds is 6. The highest BCUT2D eigenvalue weighted by atomic mass is 79.9. The number of hydrogen-bond acceptors (Lipinski definition) is 6. The number of benzene rings is 1. The van der Waals surface area contributed by atoms with E-state index < -0.39 is 5.97 Å². The van der Waals surface area contributed by atoms with Gasteiger partial charge in [0.2, 0.25) is 5.89 Å². The van der Waals surface area contributed by atoms with Crippen LogP contribution < -0.4 is 4.74 Å². The smallest absolute Gasteiger partial charge is 0.342 e. The van der Waals surface area contributed by atoms with Crippen molar-refractivity contribution in [1.29, 1.82) is 0 Å². The van der Waals surface area contributed by atoms with Gasteiger partial charge in [-0.2, -0.15) is 0 Å². The number of aryl methyl sites for hydroxylation is 1. The third-order valence-corrected chi connectivity index (χ3v) is 3.88. The summed E-state index contributed by atoms with van der Waals surface area (Å²) in [5.74, 6) is -0.103. The zero-order chi connectivity index (χ0) is 17.0. The third-order valence-electron chi connectivity index (χ3n) is 2.54. The van der Waals surface area contributed by atoms with Crippen LogP contribution >= 0.6 is 27.7 Å². The number of hydrogen-bond donors (Lipinski definition) is 1. The van der Waals surface area contributed by atoms with Crippen molar-refractivity contribution >= 4 is 39.7 Å². The fourth-order valence-electron chi connectivity index (χ4n) is 1.68. The predicted molar refractivity (Wildman–Crippen MR) is 90.4 cm³/mol. The fourth-order valence-corrected chi connectivity index (χ4v) is 2.77. The quantitative estimate of drug-likeness (QED) is 0.577. The molecule has 0 radical (unpaired) electrons. The van der Waals surface area contributed by atoms with Crippen LogP contribution in [-0.4, -0.2) is 27.4 Å². The van der Waals surface area contributed by atoms with Gasteiger partial charge in [-0.1, -0.05) is 15.9 Å². The zero-order valence-electron chi connectivity index (χ0n) is 12.7. The lowest BCUT2D eigenvalue weighted by Crippen LogP contribution is -2.07. The summed E-state index contributed by atoms with van der Waals surface area (Å²) in [6.07, 6.45) is 1.50. The number of halogens is 1. The van der Waals surface area contributed by atoms with Gasteiger partial charge in [-0.25, -0.2) is 4.79 Å². The molecule has 1 heterocycles. The summed E-state index contributed by atoms with van der Waals surface area (Å²) in [6, 6.07) is 5.42. The summed E-state index contributed by atoms with van der Waals surface area (Å²) in [7, 11) is 0. The molecule has 0 aliphatic heterocycles. The summed E-state index contributed by atoms with van der Waals surface area (Å²) in [6.45, 7) is 5.46. The third kappa shape index (κ3) is 5.11. The molecule has 0 fully saturated rings. The van der Waals surface area contributed by atoms with Crippen LogP contribution in [-0.2, 0) is 4.79 Å². The van der Waals surface area contributed by atoms with E-state index >= 15 is 0 Å². The monoisotopic (exact) mass is 398 g/mol. The molecule has 8 heteroatoms. The molecular weight excluding hydrogens is 384 g/mol. The molecule has 0 bridgehead atoms. The predicted octanol–water partition coefficient (Wildman–Crippen LogP) is 4.15. The van der Waals surface area contributed by atoms with E-state index in [1.54, 1.807) is 19.1 Å². The number of carboxylic acid groups (broad SMARTS) is 1. The van der Waals surface area contributed by atoms with Crippen LogP contribution in [0.2, 0.25) is 0 Å². The molecular formula is C15H15BrN2O4S. The Morgan fingerprint density at radius 2 is 2.17 bits per heavy atom. The molecule has 0 atom stereocenters. The number of carbonyl (C=O) groups is 1. The van der Waals surface area contributed by atoms with E-state index in [0.717, 1.165) is 16.2 Å². The van der Waals surface area contributed by atoms with Crippen LogP contribution in [0, 0.1) is 6.92 Å². The minimum absolute atomic E-state index is 0.0251. The maximum absolute atomic E-state index is 11.5. The number of ether oxygens (including phenoxy) is 1. The van der Waals surface area contributed by atoms with Gasteiger partial charge in [-0.05, 0) is 49.9 Å². The molecule has 1 aromatic heterocycles. The average molecular weight is 399 g/mol. The van der Waals surface area contributed by atoms with E-state index in [0.29, 0.717) is 17.2 Å². The second-order valence-corrected chi connectivity index (χ2v) is 6.76. The van der Waals surface area contributed by atoms with Crippen molar-refractivity contribution in [3.63, 3.8) is 0 Å². The Hall–Kier alpha value is -1.80.